The van der Waals surface area contributed by atoms with Crippen molar-refractivity contribution in [2.45, 2.75) is 26.9 Å². The molecule has 0 fully saturated rings. The number of methoxy groups -OCH3 is 1. The molecule has 0 heterocycles. The third-order valence-corrected chi connectivity index (χ3v) is 3.00. The van der Waals surface area contributed by atoms with Gasteiger partial charge in [0.1, 0.15) is 12.4 Å². The fourth-order valence-electron chi connectivity index (χ4n) is 1.47. The van der Waals surface area contributed by atoms with Gasteiger partial charge in [-0.05, 0) is 29.2 Å². The predicted molar refractivity (Wildman–Crippen MR) is 80.0 cm³/mol. The molecule has 0 radical (unpaired) electrons. The van der Waals surface area contributed by atoms with Gasteiger partial charge in [-0.25, -0.2) is 4.79 Å². The van der Waals surface area contributed by atoms with Crippen LogP contribution in [0.5, 0.6) is 5.75 Å². The number of aliphatic carboxylic acids is 1. The minimum Gasteiger partial charge on any atom is -0.497 e. The van der Waals surface area contributed by atoms with Gasteiger partial charge in [-0.3, -0.25) is 0 Å². The molecular formula is C16H22O5. The topological polar surface area (TPSA) is 76.0 Å². The van der Waals surface area contributed by atoms with Crippen molar-refractivity contribution in [1.82, 2.24) is 0 Å². The summed E-state index contributed by atoms with van der Waals surface area (Å²) in [6.07, 6.45) is 0.644. The summed E-state index contributed by atoms with van der Waals surface area (Å²) in [6.45, 7) is 5.49. The first kappa shape index (κ1) is 17.0. The molecular weight excluding hydrogens is 272 g/mol. The number of ether oxygens (including phenoxy) is 2. The molecule has 1 aromatic carbocycles. The maximum atomic E-state index is 11.2. The van der Waals surface area contributed by atoms with Crippen molar-refractivity contribution in [3.63, 3.8) is 0 Å². The molecule has 0 amide bonds. The fraction of sp³-hybridized carbons (Fsp3) is 0.438. The summed E-state index contributed by atoms with van der Waals surface area (Å²) >= 11 is 0. The predicted octanol–water partition coefficient (Wildman–Crippen LogP) is 2.54. The molecule has 1 atom stereocenters. The maximum Gasteiger partial charge on any atom is 0.371 e. The van der Waals surface area contributed by atoms with E-state index in [0.717, 1.165) is 0 Å². The maximum absolute atomic E-state index is 11.2. The van der Waals surface area contributed by atoms with Gasteiger partial charge in [0.05, 0.1) is 13.2 Å². The van der Waals surface area contributed by atoms with Gasteiger partial charge >= 0.3 is 5.97 Å². The second kappa shape index (κ2) is 7.13. The number of aliphatic hydroxyl groups is 1. The van der Waals surface area contributed by atoms with Gasteiger partial charge in [-0.2, -0.15) is 0 Å². The zero-order valence-electron chi connectivity index (χ0n) is 12.8. The Morgan fingerprint density at radius 1 is 1.38 bits per heavy atom. The molecule has 5 heteroatoms. The summed E-state index contributed by atoms with van der Waals surface area (Å²) in [5, 5.41) is 19.1. The molecule has 0 saturated heterocycles. The molecule has 0 aliphatic rings. The van der Waals surface area contributed by atoms with Crippen molar-refractivity contribution < 1.29 is 24.5 Å². The van der Waals surface area contributed by atoms with Crippen LogP contribution in [0.4, 0.5) is 0 Å². The number of hydrogen-bond donors (Lipinski definition) is 2. The minimum absolute atomic E-state index is 0.0778. The largest absolute Gasteiger partial charge is 0.497 e. The monoisotopic (exact) mass is 294 g/mol. The van der Waals surface area contributed by atoms with Crippen molar-refractivity contribution in [3.05, 3.63) is 35.6 Å². The molecule has 116 valence electrons. The van der Waals surface area contributed by atoms with Crippen LogP contribution in [-0.2, 0) is 9.53 Å². The lowest BCUT2D eigenvalue weighted by atomic mass is 9.90. The molecule has 5 nitrogen and oxygen atoms in total. The van der Waals surface area contributed by atoms with E-state index in [1.165, 1.54) is 13.2 Å². The Bertz CT molecular complexity index is 514. The van der Waals surface area contributed by atoms with Gasteiger partial charge in [-0.15, -0.1) is 0 Å². The van der Waals surface area contributed by atoms with Crippen LogP contribution < -0.4 is 4.74 Å². The van der Waals surface area contributed by atoms with Crippen LogP contribution in [0.15, 0.2) is 30.0 Å². The van der Waals surface area contributed by atoms with E-state index in [1.807, 2.05) is 20.8 Å². The highest BCUT2D eigenvalue weighted by Gasteiger charge is 2.23. The third-order valence-electron chi connectivity index (χ3n) is 3.00. The first-order chi connectivity index (χ1) is 9.74. The second-order valence-corrected chi connectivity index (χ2v) is 5.78. The van der Waals surface area contributed by atoms with Gasteiger partial charge < -0.3 is 19.7 Å². The van der Waals surface area contributed by atoms with Gasteiger partial charge in [0, 0.05) is 0 Å². The van der Waals surface area contributed by atoms with Crippen molar-refractivity contribution in [3.8, 4) is 5.75 Å². The SMILES string of the molecule is COc1cccc(C=C(OCC(O)C(C)(C)C)C(=O)O)c1. The number of hydrogen-bond acceptors (Lipinski definition) is 4. The highest BCUT2D eigenvalue weighted by atomic mass is 16.5. The number of benzene rings is 1. The van der Waals surface area contributed by atoms with Gasteiger partial charge in [0.15, 0.2) is 0 Å². The summed E-state index contributed by atoms with van der Waals surface area (Å²) in [4.78, 5) is 11.2. The average molecular weight is 294 g/mol. The van der Waals surface area contributed by atoms with Crippen LogP contribution in [0.1, 0.15) is 26.3 Å². The van der Waals surface area contributed by atoms with E-state index in [4.69, 9.17) is 9.47 Å². The summed E-state index contributed by atoms with van der Waals surface area (Å²) in [7, 11) is 1.54. The molecule has 0 saturated carbocycles. The Morgan fingerprint density at radius 3 is 2.57 bits per heavy atom. The van der Waals surface area contributed by atoms with Crippen molar-refractivity contribution in [2.24, 2.45) is 5.41 Å². The van der Waals surface area contributed by atoms with Gasteiger partial charge in [0.25, 0.3) is 0 Å². The lowest BCUT2D eigenvalue weighted by Gasteiger charge is -2.25. The van der Waals surface area contributed by atoms with Crippen LogP contribution in [0.3, 0.4) is 0 Å². The number of rotatable bonds is 6. The zero-order valence-corrected chi connectivity index (χ0v) is 12.8. The molecule has 0 bridgehead atoms. The third kappa shape index (κ3) is 5.47. The molecule has 21 heavy (non-hydrogen) atoms. The Kier molecular flexibility index (Phi) is 5.79. The first-order valence-electron chi connectivity index (χ1n) is 6.64. The summed E-state index contributed by atoms with van der Waals surface area (Å²) < 4.78 is 10.3. The van der Waals surface area contributed by atoms with Crippen LogP contribution in [0.25, 0.3) is 6.08 Å². The van der Waals surface area contributed by atoms with Crippen molar-refractivity contribution >= 4 is 12.0 Å². The molecule has 1 rings (SSSR count). The second-order valence-electron chi connectivity index (χ2n) is 5.78. The van der Waals surface area contributed by atoms with E-state index >= 15 is 0 Å². The number of carboxylic acid groups (broad SMARTS) is 1. The Hall–Kier alpha value is -2.01. The van der Waals surface area contributed by atoms with Crippen LogP contribution >= 0.6 is 0 Å². The minimum atomic E-state index is -1.18. The standard InChI is InChI=1S/C16H22O5/c1-16(2,3)14(17)10-21-13(15(18)19)9-11-6-5-7-12(8-11)20-4/h5-9,14,17H,10H2,1-4H3,(H,18,19). The molecule has 0 aromatic heterocycles. The molecule has 0 aliphatic heterocycles. The van der Waals surface area contributed by atoms with Crippen LogP contribution in [0, 0.1) is 5.41 Å². The van der Waals surface area contributed by atoms with Crippen molar-refractivity contribution in [2.75, 3.05) is 13.7 Å². The first-order valence-corrected chi connectivity index (χ1v) is 6.64. The highest BCUT2D eigenvalue weighted by Crippen LogP contribution is 2.21. The van der Waals surface area contributed by atoms with Crippen LogP contribution in [-0.4, -0.2) is 36.0 Å². The summed E-state index contributed by atoms with van der Waals surface area (Å²) in [5.41, 5.74) is 0.275. The van der Waals surface area contributed by atoms with Gasteiger partial charge in [0.2, 0.25) is 5.76 Å². The van der Waals surface area contributed by atoms with E-state index in [9.17, 15) is 15.0 Å². The van der Waals surface area contributed by atoms with E-state index in [0.29, 0.717) is 11.3 Å². The smallest absolute Gasteiger partial charge is 0.371 e. The van der Waals surface area contributed by atoms with E-state index in [-0.39, 0.29) is 17.8 Å². The molecule has 0 spiro atoms. The fourth-order valence-corrected chi connectivity index (χ4v) is 1.47. The Balaban J connectivity index is 2.86. The van der Waals surface area contributed by atoms with Crippen LogP contribution in [0.2, 0.25) is 0 Å². The highest BCUT2D eigenvalue weighted by molar-refractivity contribution is 5.89. The van der Waals surface area contributed by atoms with Crippen molar-refractivity contribution in [1.29, 1.82) is 0 Å². The number of aliphatic hydroxyl groups excluding tert-OH is 1. The molecule has 1 unspecified atom stereocenters. The number of carbonyl (C=O) groups is 1. The summed E-state index contributed by atoms with van der Waals surface area (Å²) in [5.74, 6) is -0.770. The number of carboxylic acids is 1. The lowest BCUT2D eigenvalue weighted by Crippen LogP contribution is -2.31. The van der Waals surface area contributed by atoms with E-state index in [2.05, 4.69) is 0 Å². The quantitative estimate of drug-likeness (QED) is 0.623. The lowest BCUT2D eigenvalue weighted by molar-refractivity contribution is -0.137. The van der Waals surface area contributed by atoms with E-state index in [1.54, 1.807) is 24.3 Å². The molecule has 0 aliphatic carbocycles. The average Bonchev–Trinajstić information content (AvgIpc) is 2.41. The Morgan fingerprint density at radius 2 is 2.05 bits per heavy atom. The summed E-state index contributed by atoms with van der Waals surface area (Å²) in [6, 6.07) is 6.97. The van der Waals surface area contributed by atoms with Gasteiger partial charge in [-0.1, -0.05) is 32.9 Å². The molecule has 1 aromatic rings. The Labute approximate surface area is 124 Å². The zero-order chi connectivity index (χ0) is 16.0. The van der Waals surface area contributed by atoms with E-state index < -0.39 is 12.1 Å². The normalized spacial score (nSPS) is 13.7. The molecule has 2 N–H and O–H groups in total.